The Bertz CT molecular complexity index is 449. The van der Waals surface area contributed by atoms with Gasteiger partial charge in [0.1, 0.15) is 0 Å². The molecule has 2 heterocycles. The van der Waals surface area contributed by atoms with Crippen molar-refractivity contribution in [2.24, 2.45) is 0 Å². The lowest BCUT2D eigenvalue weighted by Gasteiger charge is -2.42. The van der Waals surface area contributed by atoms with Crippen LogP contribution in [0.2, 0.25) is 0 Å². The number of morpholine rings is 1. The van der Waals surface area contributed by atoms with Crippen molar-refractivity contribution in [3.63, 3.8) is 0 Å². The zero-order valence-electron chi connectivity index (χ0n) is 11.9. The van der Waals surface area contributed by atoms with Crippen LogP contribution in [0.15, 0.2) is 24.5 Å². The fourth-order valence-electron chi connectivity index (χ4n) is 3.57. The van der Waals surface area contributed by atoms with Crippen molar-refractivity contribution in [3.05, 3.63) is 30.1 Å². The van der Waals surface area contributed by atoms with E-state index < -0.39 is 0 Å². The Morgan fingerprint density at radius 3 is 2.50 bits per heavy atom. The van der Waals surface area contributed by atoms with E-state index in [4.69, 9.17) is 4.74 Å². The van der Waals surface area contributed by atoms with Gasteiger partial charge in [-0.3, -0.25) is 14.7 Å². The largest absolute Gasteiger partial charge is 0.379 e. The van der Waals surface area contributed by atoms with Gasteiger partial charge in [0.15, 0.2) is 5.78 Å². The van der Waals surface area contributed by atoms with Gasteiger partial charge in [-0.2, -0.15) is 0 Å². The van der Waals surface area contributed by atoms with E-state index in [1.165, 1.54) is 12.8 Å². The lowest BCUT2D eigenvalue weighted by molar-refractivity contribution is -0.133. The fourth-order valence-corrected chi connectivity index (χ4v) is 3.57. The third-order valence-electron chi connectivity index (χ3n) is 4.68. The number of carbonyl (C=O) groups excluding carboxylic acids is 1. The van der Waals surface area contributed by atoms with E-state index in [1.54, 1.807) is 12.4 Å². The summed E-state index contributed by atoms with van der Waals surface area (Å²) in [4.78, 5) is 19.3. The molecule has 4 nitrogen and oxygen atoms in total. The van der Waals surface area contributed by atoms with Gasteiger partial charge in [-0.05, 0) is 30.5 Å². The number of ether oxygens (including phenoxy) is 1. The molecule has 0 amide bonds. The standard InChI is InChI=1S/C16H22N2O2/c19-15(13-14-3-7-17-8-4-14)16(5-1-2-6-16)18-9-11-20-12-10-18/h3-4,7-8H,1-2,5-6,9-13H2. The van der Waals surface area contributed by atoms with Gasteiger partial charge in [0.25, 0.3) is 0 Å². The highest BCUT2D eigenvalue weighted by Gasteiger charge is 2.45. The Labute approximate surface area is 120 Å². The number of pyridine rings is 1. The third kappa shape index (κ3) is 2.63. The van der Waals surface area contributed by atoms with Gasteiger partial charge in [0.05, 0.1) is 18.8 Å². The summed E-state index contributed by atoms with van der Waals surface area (Å²) in [6, 6.07) is 3.89. The molecule has 1 saturated carbocycles. The Balaban J connectivity index is 1.77. The topological polar surface area (TPSA) is 42.4 Å². The molecule has 1 aromatic rings. The smallest absolute Gasteiger partial charge is 0.157 e. The lowest BCUT2D eigenvalue weighted by atomic mass is 9.86. The molecule has 0 aromatic carbocycles. The van der Waals surface area contributed by atoms with Crippen LogP contribution in [0.4, 0.5) is 0 Å². The summed E-state index contributed by atoms with van der Waals surface area (Å²) in [6.45, 7) is 3.29. The molecule has 0 unspecified atom stereocenters. The van der Waals surface area contributed by atoms with Crippen LogP contribution in [0.25, 0.3) is 0 Å². The van der Waals surface area contributed by atoms with E-state index in [0.717, 1.165) is 44.7 Å². The molecule has 108 valence electrons. The molecule has 4 heteroatoms. The van der Waals surface area contributed by atoms with Crippen LogP contribution in [0.3, 0.4) is 0 Å². The second kappa shape index (κ2) is 6.02. The van der Waals surface area contributed by atoms with E-state index in [0.29, 0.717) is 12.2 Å². The molecule has 2 fully saturated rings. The Morgan fingerprint density at radius 1 is 1.20 bits per heavy atom. The molecule has 1 saturated heterocycles. The van der Waals surface area contributed by atoms with Crippen LogP contribution < -0.4 is 0 Å². The number of rotatable bonds is 4. The number of aromatic nitrogens is 1. The molecule has 1 aliphatic carbocycles. The summed E-state index contributed by atoms with van der Waals surface area (Å²) >= 11 is 0. The maximum absolute atomic E-state index is 12.9. The van der Waals surface area contributed by atoms with Crippen LogP contribution in [-0.2, 0) is 16.0 Å². The molecule has 0 atom stereocenters. The first-order valence-electron chi connectivity index (χ1n) is 7.56. The molecule has 0 spiro atoms. The SMILES string of the molecule is O=C(Cc1ccncc1)C1(N2CCOCC2)CCCC1. The first kappa shape index (κ1) is 13.7. The predicted octanol–water partition coefficient (Wildman–Crippen LogP) is 1.84. The molecule has 3 rings (SSSR count). The van der Waals surface area contributed by atoms with Gasteiger partial charge in [-0.1, -0.05) is 12.8 Å². The van der Waals surface area contributed by atoms with Crippen LogP contribution in [0, 0.1) is 0 Å². The summed E-state index contributed by atoms with van der Waals surface area (Å²) in [5.41, 5.74) is 0.845. The molecule has 20 heavy (non-hydrogen) atoms. The molecule has 1 aliphatic heterocycles. The summed E-state index contributed by atoms with van der Waals surface area (Å²) in [5, 5.41) is 0. The molecule has 0 bridgehead atoms. The first-order chi connectivity index (χ1) is 9.81. The van der Waals surface area contributed by atoms with Gasteiger partial charge in [0, 0.05) is 31.9 Å². The van der Waals surface area contributed by atoms with Crippen LogP contribution in [-0.4, -0.2) is 47.5 Å². The highest BCUT2D eigenvalue weighted by atomic mass is 16.5. The van der Waals surface area contributed by atoms with Crippen LogP contribution in [0.5, 0.6) is 0 Å². The van der Waals surface area contributed by atoms with Gasteiger partial charge in [0.2, 0.25) is 0 Å². The van der Waals surface area contributed by atoms with Gasteiger partial charge in [-0.25, -0.2) is 0 Å². The molecule has 0 radical (unpaired) electrons. The van der Waals surface area contributed by atoms with E-state index in [2.05, 4.69) is 9.88 Å². The number of hydrogen-bond acceptors (Lipinski definition) is 4. The Morgan fingerprint density at radius 2 is 1.85 bits per heavy atom. The average Bonchev–Trinajstić information content (AvgIpc) is 3.00. The van der Waals surface area contributed by atoms with Crippen LogP contribution in [0.1, 0.15) is 31.2 Å². The monoisotopic (exact) mass is 274 g/mol. The van der Waals surface area contributed by atoms with E-state index in [9.17, 15) is 4.79 Å². The van der Waals surface area contributed by atoms with Crippen molar-refractivity contribution in [2.75, 3.05) is 26.3 Å². The highest BCUT2D eigenvalue weighted by molar-refractivity contribution is 5.90. The number of Topliss-reactive ketones (excluding diaryl/α,β-unsaturated/α-hetero) is 1. The maximum atomic E-state index is 12.9. The van der Waals surface area contributed by atoms with Crippen molar-refractivity contribution < 1.29 is 9.53 Å². The quantitative estimate of drug-likeness (QED) is 0.840. The minimum absolute atomic E-state index is 0.229. The number of ketones is 1. The number of hydrogen-bond donors (Lipinski definition) is 0. The van der Waals surface area contributed by atoms with E-state index in [-0.39, 0.29) is 5.54 Å². The lowest BCUT2D eigenvalue weighted by Crippen LogP contribution is -2.57. The Hall–Kier alpha value is -1.26. The molecule has 1 aromatic heterocycles. The minimum Gasteiger partial charge on any atom is -0.379 e. The van der Waals surface area contributed by atoms with Crippen molar-refractivity contribution in [1.82, 2.24) is 9.88 Å². The summed E-state index contributed by atoms with van der Waals surface area (Å²) in [5.74, 6) is 0.378. The van der Waals surface area contributed by atoms with E-state index >= 15 is 0 Å². The van der Waals surface area contributed by atoms with Crippen molar-refractivity contribution in [1.29, 1.82) is 0 Å². The second-order valence-corrected chi connectivity index (χ2v) is 5.79. The van der Waals surface area contributed by atoms with Crippen molar-refractivity contribution >= 4 is 5.78 Å². The summed E-state index contributed by atoms with van der Waals surface area (Å²) in [7, 11) is 0. The Kier molecular flexibility index (Phi) is 4.13. The number of carbonyl (C=O) groups is 1. The minimum atomic E-state index is -0.229. The highest BCUT2D eigenvalue weighted by Crippen LogP contribution is 2.37. The van der Waals surface area contributed by atoms with Gasteiger partial charge >= 0.3 is 0 Å². The predicted molar refractivity (Wildman–Crippen MR) is 76.5 cm³/mol. The maximum Gasteiger partial charge on any atom is 0.157 e. The second-order valence-electron chi connectivity index (χ2n) is 5.79. The zero-order valence-corrected chi connectivity index (χ0v) is 11.9. The fraction of sp³-hybridized carbons (Fsp3) is 0.625. The average molecular weight is 274 g/mol. The molecule has 2 aliphatic rings. The molecule has 0 N–H and O–H groups in total. The zero-order chi connectivity index (χ0) is 13.8. The third-order valence-corrected chi connectivity index (χ3v) is 4.68. The number of nitrogens with zero attached hydrogens (tertiary/aromatic N) is 2. The van der Waals surface area contributed by atoms with E-state index in [1.807, 2.05) is 12.1 Å². The summed E-state index contributed by atoms with van der Waals surface area (Å²) < 4.78 is 5.44. The summed E-state index contributed by atoms with van der Waals surface area (Å²) in [6.07, 6.45) is 8.41. The molecular formula is C16H22N2O2. The van der Waals surface area contributed by atoms with Gasteiger partial charge < -0.3 is 4.74 Å². The molecular weight excluding hydrogens is 252 g/mol. The van der Waals surface area contributed by atoms with Crippen molar-refractivity contribution in [3.8, 4) is 0 Å². The van der Waals surface area contributed by atoms with Crippen LogP contribution >= 0.6 is 0 Å². The normalized spacial score (nSPS) is 22.8. The van der Waals surface area contributed by atoms with Crippen molar-refractivity contribution in [2.45, 2.75) is 37.6 Å². The van der Waals surface area contributed by atoms with Gasteiger partial charge in [-0.15, -0.1) is 0 Å². The first-order valence-corrected chi connectivity index (χ1v) is 7.56.